The maximum Gasteiger partial charge on any atom is 0.0623 e. The Balaban J connectivity index is 2.80. The summed E-state index contributed by atoms with van der Waals surface area (Å²) in [6.07, 6.45) is 1.68. The van der Waals surface area contributed by atoms with Gasteiger partial charge in [-0.15, -0.1) is 0 Å². The zero-order valence-electron chi connectivity index (χ0n) is 11.0. The molecule has 1 unspecified atom stereocenters. The van der Waals surface area contributed by atoms with Crippen molar-refractivity contribution in [3.63, 3.8) is 0 Å². The van der Waals surface area contributed by atoms with E-state index < -0.39 is 0 Å². The second-order valence-corrected chi connectivity index (χ2v) is 5.73. The quantitative estimate of drug-likeness (QED) is 0.620. The molecule has 5 heteroatoms. The molecule has 0 radical (unpaired) electrons. The molecule has 0 amide bonds. The first-order valence-electron chi connectivity index (χ1n) is 5.86. The predicted molar refractivity (Wildman–Crippen MR) is 76.8 cm³/mol. The summed E-state index contributed by atoms with van der Waals surface area (Å²) in [4.78, 5) is 0. The van der Waals surface area contributed by atoms with E-state index in [9.17, 15) is 0 Å². The molecular formula is C13H20Cl2N2O. The van der Waals surface area contributed by atoms with Gasteiger partial charge in [0.25, 0.3) is 0 Å². The standard InChI is InChI=1S/C13H20Cl2N2O/c1-13(2,18-3)7-6-12(17-16)10-8-9(14)4-5-11(10)15/h4-5,8,12,17H,6-7,16H2,1-3H3. The molecule has 0 bridgehead atoms. The van der Waals surface area contributed by atoms with Crippen LogP contribution in [-0.2, 0) is 4.74 Å². The predicted octanol–water partition coefficient (Wildman–Crippen LogP) is 3.70. The number of hydrogen-bond acceptors (Lipinski definition) is 3. The highest BCUT2D eigenvalue weighted by molar-refractivity contribution is 6.33. The third kappa shape index (κ3) is 4.41. The fraction of sp³-hybridized carbons (Fsp3) is 0.538. The van der Waals surface area contributed by atoms with E-state index in [4.69, 9.17) is 33.8 Å². The number of benzene rings is 1. The van der Waals surface area contributed by atoms with E-state index >= 15 is 0 Å². The lowest BCUT2D eigenvalue weighted by atomic mass is 9.95. The Labute approximate surface area is 119 Å². The molecule has 3 N–H and O–H groups in total. The Bertz CT molecular complexity index is 397. The number of halogens is 2. The van der Waals surface area contributed by atoms with Crippen molar-refractivity contribution in [3.8, 4) is 0 Å². The van der Waals surface area contributed by atoms with Crippen LogP contribution >= 0.6 is 23.2 Å². The lowest BCUT2D eigenvalue weighted by Gasteiger charge is -2.26. The van der Waals surface area contributed by atoms with Gasteiger partial charge in [-0.1, -0.05) is 23.2 Å². The molecule has 3 nitrogen and oxygen atoms in total. The maximum absolute atomic E-state index is 6.17. The summed E-state index contributed by atoms with van der Waals surface area (Å²) in [5.74, 6) is 5.60. The molecule has 0 aliphatic heterocycles. The molecule has 1 aromatic rings. The molecule has 1 aromatic carbocycles. The highest BCUT2D eigenvalue weighted by atomic mass is 35.5. The van der Waals surface area contributed by atoms with Crippen LogP contribution in [0.4, 0.5) is 0 Å². The molecule has 0 saturated carbocycles. The SMILES string of the molecule is COC(C)(C)CCC(NN)c1cc(Cl)ccc1Cl. The number of rotatable bonds is 6. The summed E-state index contributed by atoms with van der Waals surface area (Å²) in [6.45, 7) is 4.08. The summed E-state index contributed by atoms with van der Waals surface area (Å²) in [5, 5.41) is 1.32. The van der Waals surface area contributed by atoms with Gasteiger partial charge in [0.1, 0.15) is 0 Å². The molecule has 0 spiro atoms. The van der Waals surface area contributed by atoms with Gasteiger partial charge in [0.15, 0.2) is 0 Å². The van der Waals surface area contributed by atoms with E-state index in [1.165, 1.54) is 0 Å². The number of hydrogen-bond donors (Lipinski definition) is 2. The number of nitrogens with two attached hydrogens (primary N) is 1. The van der Waals surface area contributed by atoms with E-state index in [1.807, 2.05) is 19.9 Å². The molecule has 1 rings (SSSR count). The van der Waals surface area contributed by atoms with Crippen LogP contribution in [0, 0.1) is 0 Å². The van der Waals surface area contributed by atoms with Crippen molar-refractivity contribution in [2.24, 2.45) is 5.84 Å². The first-order valence-corrected chi connectivity index (χ1v) is 6.61. The normalized spacial score (nSPS) is 13.7. The summed E-state index contributed by atoms with van der Waals surface area (Å²) in [5.41, 5.74) is 3.52. The van der Waals surface area contributed by atoms with Crippen molar-refractivity contribution in [2.45, 2.75) is 38.3 Å². The van der Waals surface area contributed by atoms with Gasteiger partial charge < -0.3 is 4.74 Å². The fourth-order valence-corrected chi connectivity index (χ4v) is 2.13. The van der Waals surface area contributed by atoms with Gasteiger partial charge in [0.2, 0.25) is 0 Å². The molecule has 0 aliphatic rings. The average Bonchev–Trinajstić information content (AvgIpc) is 2.34. The summed E-state index contributed by atoms with van der Waals surface area (Å²) in [6, 6.07) is 5.35. The Hall–Kier alpha value is -0.320. The van der Waals surface area contributed by atoms with Crippen LogP contribution in [0.25, 0.3) is 0 Å². The van der Waals surface area contributed by atoms with E-state index in [2.05, 4.69) is 5.43 Å². The zero-order valence-corrected chi connectivity index (χ0v) is 12.5. The van der Waals surface area contributed by atoms with Gasteiger partial charge in [-0.2, -0.15) is 0 Å². The van der Waals surface area contributed by atoms with Crippen LogP contribution in [0.3, 0.4) is 0 Å². The third-order valence-electron chi connectivity index (χ3n) is 3.12. The number of hydrazine groups is 1. The van der Waals surface area contributed by atoms with Crippen LogP contribution in [0.15, 0.2) is 18.2 Å². The molecule has 0 aromatic heterocycles. The molecule has 0 aliphatic carbocycles. The number of nitrogens with one attached hydrogen (secondary N) is 1. The van der Waals surface area contributed by atoms with Gasteiger partial charge in [0.05, 0.1) is 5.60 Å². The van der Waals surface area contributed by atoms with Crippen LogP contribution in [0.2, 0.25) is 10.0 Å². The molecule has 0 heterocycles. The van der Waals surface area contributed by atoms with Crippen LogP contribution in [0.5, 0.6) is 0 Å². The minimum atomic E-state index is -0.180. The van der Waals surface area contributed by atoms with Crippen LogP contribution < -0.4 is 11.3 Å². The van der Waals surface area contributed by atoms with Crippen molar-refractivity contribution in [1.82, 2.24) is 5.43 Å². The van der Waals surface area contributed by atoms with Crippen LogP contribution in [0.1, 0.15) is 38.3 Å². The summed E-state index contributed by atoms with van der Waals surface area (Å²) in [7, 11) is 1.71. The van der Waals surface area contributed by atoms with Crippen molar-refractivity contribution in [1.29, 1.82) is 0 Å². The second kappa shape index (κ2) is 6.73. The van der Waals surface area contributed by atoms with E-state index in [1.54, 1.807) is 19.2 Å². The van der Waals surface area contributed by atoms with Gasteiger partial charge in [-0.25, -0.2) is 0 Å². The summed E-state index contributed by atoms with van der Waals surface area (Å²) >= 11 is 12.2. The molecule has 1 atom stereocenters. The first-order chi connectivity index (χ1) is 8.39. The monoisotopic (exact) mass is 290 g/mol. The molecule has 0 fully saturated rings. The average molecular weight is 291 g/mol. The molecule has 18 heavy (non-hydrogen) atoms. The van der Waals surface area contributed by atoms with Gasteiger partial charge in [-0.3, -0.25) is 11.3 Å². The largest absolute Gasteiger partial charge is 0.379 e. The Kier molecular flexibility index (Phi) is 5.89. The summed E-state index contributed by atoms with van der Waals surface area (Å²) < 4.78 is 5.39. The lowest BCUT2D eigenvalue weighted by Crippen LogP contribution is -2.31. The van der Waals surface area contributed by atoms with E-state index in [0.717, 1.165) is 18.4 Å². The number of ether oxygens (including phenoxy) is 1. The first kappa shape index (κ1) is 15.7. The topological polar surface area (TPSA) is 47.3 Å². The van der Waals surface area contributed by atoms with E-state index in [-0.39, 0.29) is 11.6 Å². The van der Waals surface area contributed by atoms with Crippen LogP contribution in [-0.4, -0.2) is 12.7 Å². The third-order valence-corrected chi connectivity index (χ3v) is 3.70. The molecule has 0 saturated heterocycles. The van der Waals surface area contributed by atoms with Crippen molar-refractivity contribution >= 4 is 23.2 Å². The highest BCUT2D eigenvalue weighted by Crippen LogP contribution is 2.30. The van der Waals surface area contributed by atoms with Gasteiger partial charge in [0, 0.05) is 23.2 Å². The van der Waals surface area contributed by atoms with Crippen molar-refractivity contribution < 1.29 is 4.74 Å². The van der Waals surface area contributed by atoms with E-state index in [0.29, 0.717) is 10.0 Å². The fourth-order valence-electron chi connectivity index (χ4n) is 1.70. The Morgan fingerprint density at radius 1 is 1.39 bits per heavy atom. The van der Waals surface area contributed by atoms with Crippen molar-refractivity contribution in [3.05, 3.63) is 33.8 Å². The lowest BCUT2D eigenvalue weighted by molar-refractivity contribution is 0.0117. The minimum Gasteiger partial charge on any atom is -0.379 e. The van der Waals surface area contributed by atoms with Gasteiger partial charge >= 0.3 is 0 Å². The molecular weight excluding hydrogens is 271 g/mol. The molecule has 102 valence electrons. The second-order valence-electron chi connectivity index (χ2n) is 4.89. The minimum absolute atomic E-state index is 0.0365. The smallest absolute Gasteiger partial charge is 0.0623 e. The van der Waals surface area contributed by atoms with Gasteiger partial charge in [-0.05, 0) is 50.5 Å². The Morgan fingerprint density at radius 2 is 2.06 bits per heavy atom. The highest BCUT2D eigenvalue weighted by Gasteiger charge is 2.21. The number of methoxy groups -OCH3 is 1. The zero-order chi connectivity index (χ0) is 13.8. The van der Waals surface area contributed by atoms with Crippen molar-refractivity contribution in [2.75, 3.05) is 7.11 Å². The maximum atomic E-state index is 6.17. The Morgan fingerprint density at radius 3 is 2.61 bits per heavy atom.